The Balaban J connectivity index is 2.02. The summed E-state index contributed by atoms with van der Waals surface area (Å²) in [5.74, 6) is -1.47. The van der Waals surface area contributed by atoms with Crippen molar-refractivity contribution in [2.45, 2.75) is 19.9 Å². The maximum Gasteiger partial charge on any atom is 0.350 e. The van der Waals surface area contributed by atoms with Gasteiger partial charge in [0, 0.05) is 11.1 Å². The molecule has 2 heterocycles. The molecule has 1 N–H and O–H groups in total. The molecule has 1 saturated heterocycles. The van der Waals surface area contributed by atoms with Gasteiger partial charge in [-0.3, -0.25) is 14.5 Å². The number of carbonyl (C=O) groups excluding carboxylic acids is 3. The summed E-state index contributed by atoms with van der Waals surface area (Å²) in [5.41, 5.74) is 1.53. The third-order valence-electron chi connectivity index (χ3n) is 6.23. The molecule has 1 aromatic heterocycles. The zero-order valence-corrected chi connectivity index (χ0v) is 22.5. The number of esters is 1. The molecule has 4 rings (SSSR count). The largest absolute Gasteiger partial charge is 0.507 e. The molecule has 10 nitrogen and oxygen atoms in total. The minimum atomic E-state index is -1.14. The number of ether oxygens (including phenoxy) is 4. The molecular weight excluding hydrogens is 512 g/mol. The van der Waals surface area contributed by atoms with E-state index in [0.29, 0.717) is 39.6 Å². The second-order valence-corrected chi connectivity index (χ2v) is 9.34. The first-order chi connectivity index (χ1) is 18.2. The molecule has 1 fully saturated rings. The highest BCUT2D eigenvalue weighted by Gasteiger charge is 2.49. The van der Waals surface area contributed by atoms with Gasteiger partial charge in [0.15, 0.2) is 5.13 Å². The van der Waals surface area contributed by atoms with Crippen molar-refractivity contribution in [1.29, 1.82) is 0 Å². The smallest absolute Gasteiger partial charge is 0.350 e. The zero-order valence-electron chi connectivity index (χ0n) is 21.6. The lowest BCUT2D eigenvalue weighted by molar-refractivity contribution is -0.132. The summed E-state index contributed by atoms with van der Waals surface area (Å²) < 4.78 is 21.0. The van der Waals surface area contributed by atoms with Gasteiger partial charge >= 0.3 is 11.9 Å². The van der Waals surface area contributed by atoms with Crippen molar-refractivity contribution in [2.24, 2.45) is 0 Å². The normalized spacial score (nSPS) is 16.5. The number of aryl methyl sites for hydroxylation is 2. The molecule has 198 valence electrons. The Labute approximate surface area is 223 Å². The minimum absolute atomic E-state index is 0.0883. The monoisotopic (exact) mass is 538 g/mol. The average Bonchev–Trinajstić information content (AvgIpc) is 3.43. The fourth-order valence-corrected chi connectivity index (χ4v) is 5.33. The molecule has 0 saturated carbocycles. The van der Waals surface area contributed by atoms with E-state index in [9.17, 15) is 19.5 Å². The first-order valence-corrected chi connectivity index (χ1v) is 12.2. The number of amides is 1. The number of nitrogens with zero attached hydrogens (tertiary/aromatic N) is 2. The zero-order chi connectivity index (χ0) is 27.7. The lowest BCUT2D eigenvalue weighted by Crippen LogP contribution is -2.29. The fraction of sp³-hybridized carbons (Fsp3) is 0.259. The number of benzene rings is 2. The topological polar surface area (TPSA) is 124 Å². The van der Waals surface area contributed by atoms with Crippen molar-refractivity contribution in [3.8, 4) is 17.2 Å². The van der Waals surface area contributed by atoms with Crippen LogP contribution in [0.2, 0.25) is 0 Å². The molecule has 11 heteroatoms. The van der Waals surface area contributed by atoms with Crippen LogP contribution < -0.4 is 19.1 Å². The quantitative estimate of drug-likeness (QED) is 0.204. The van der Waals surface area contributed by atoms with E-state index >= 15 is 0 Å². The van der Waals surface area contributed by atoms with E-state index in [1.54, 1.807) is 50.2 Å². The molecule has 0 unspecified atom stereocenters. The van der Waals surface area contributed by atoms with Gasteiger partial charge in [-0.15, -0.1) is 0 Å². The van der Waals surface area contributed by atoms with Crippen LogP contribution in [0.15, 0.2) is 42.0 Å². The number of Topliss-reactive ketones (excluding diaryl/α,β-unsaturated/α-hetero) is 1. The SMILES string of the molecule is COC(=O)c1sc(N2C(=O)C(=O)C(=C(O)c3ccc(OC)cc3C)[C@@H]2c2cc(OC)ccc2OC)nc1C. The lowest BCUT2D eigenvalue weighted by Gasteiger charge is -2.25. The number of thiazole rings is 1. The van der Waals surface area contributed by atoms with Gasteiger partial charge in [-0.1, -0.05) is 11.3 Å². The molecule has 38 heavy (non-hydrogen) atoms. The summed E-state index contributed by atoms with van der Waals surface area (Å²) in [6.07, 6.45) is 0. The third kappa shape index (κ3) is 4.45. The third-order valence-corrected chi connectivity index (χ3v) is 7.36. The summed E-state index contributed by atoms with van der Waals surface area (Å²) in [5, 5.41) is 11.6. The average molecular weight is 539 g/mol. The minimum Gasteiger partial charge on any atom is -0.507 e. The molecular formula is C27H26N2O8S. The fourth-order valence-electron chi connectivity index (χ4n) is 4.32. The van der Waals surface area contributed by atoms with Gasteiger partial charge < -0.3 is 24.1 Å². The molecule has 0 bridgehead atoms. The number of rotatable bonds is 7. The summed E-state index contributed by atoms with van der Waals surface area (Å²) in [7, 11) is 5.70. The van der Waals surface area contributed by atoms with Gasteiger partial charge in [-0.25, -0.2) is 9.78 Å². The Morgan fingerprint density at radius 1 is 0.974 bits per heavy atom. The molecule has 0 radical (unpaired) electrons. The first kappa shape index (κ1) is 26.7. The number of aliphatic hydroxyl groups excluding tert-OH is 1. The van der Waals surface area contributed by atoms with Crippen LogP contribution in [-0.4, -0.2) is 56.2 Å². The molecule has 1 atom stereocenters. The summed E-state index contributed by atoms with van der Waals surface area (Å²) >= 11 is 0.909. The highest BCUT2D eigenvalue weighted by molar-refractivity contribution is 7.17. The molecule has 1 aliphatic heterocycles. The molecule has 0 spiro atoms. The Morgan fingerprint density at radius 2 is 1.63 bits per heavy atom. The van der Waals surface area contributed by atoms with Crippen molar-refractivity contribution < 1.29 is 38.4 Å². The van der Waals surface area contributed by atoms with Gasteiger partial charge in [-0.05, 0) is 55.8 Å². The highest BCUT2D eigenvalue weighted by atomic mass is 32.1. The Kier molecular flexibility index (Phi) is 7.40. The van der Waals surface area contributed by atoms with Crippen molar-refractivity contribution in [3.05, 3.63) is 69.2 Å². The van der Waals surface area contributed by atoms with Crippen LogP contribution in [0.3, 0.4) is 0 Å². The molecule has 1 aliphatic rings. The van der Waals surface area contributed by atoms with Crippen molar-refractivity contribution >= 4 is 39.9 Å². The van der Waals surface area contributed by atoms with Crippen molar-refractivity contribution in [2.75, 3.05) is 33.3 Å². The number of anilines is 1. The molecule has 0 aliphatic carbocycles. The van der Waals surface area contributed by atoms with Crippen molar-refractivity contribution in [1.82, 2.24) is 4.98 Å². The maximum absolute atomic E-state index is 13.5. The Hall–Kier alpha value is -4.38. The number of aromatic nitrogens is 1. The van der Waals surface area contributed by atoms with Crippen LogP contribution in [0.5, 0.6) is 17.2 Å². The summed E-state index contributed by atoms with van der Waals surface area (Å²) in [6.45, 7) is 3.35. The van der Waals surface area contributed by atoms with E-state index < -0.39 is 23.7 Å². The van der Waals surface area contributed by atoms with Gasteiger partial charge in [0.1, 0.15) is 33.9 Å². The van der Waals surface area contributed by atoms with Crippen LogP contribution >= 0.6 is 11.3 Å². The van der Waals surface area contributed by atoms with Crippen LogP contribution in [0.1, 0.15) is 38.1 Å². The van der Waals surface area contributed by atoms with Gasteiger partial charge in [0.2, 0.25) is 0 Å². The number of ketones is 1. The van der Waals surface area contributed by atoms with Crippen molar-refractivity contribution in [3.63, 3.8) is 0 Å². The van der Waals surface area contributed by atoms with Gasteiger partial charge in [-0.2, -0.15) is 0 Å². The van der Waals surface area contributed by atoms with Crippen LogP contribution in [0.25, 0.3) is 5.76 Å². The van der Waals surface area contributed by atoms with E-state index in [1.807, 2.05) is 0 Å². The standard InChI is InChI=1S/C27H26N2O8S/c1-13-11-15(34-3)7-9-17(13)22(30)20-21(18-12-16(35-4)8-10-19(18)36-5)29(25(32)23(20)31)27-28-14(2)24(38-27)26(33)37-6/h7-12,21,30H,1-6H3/t21-/m0/s1. The van der Waals surface area contributed by atoms with Gasteiger partial charge in [0.05, 0.1) is 39.7 Å². The second kappa shape index (κ2) is 10.5. The predicted molar refractivity (Wildman–Crippen MR) is 140 cm³/mol. The predicted octanol–water partition coefficient (Wildman–Crippen LogP) is 4.20. The van der Waals surface area contributed by atoms with Crippen LogP contribution in [0.4, 0.5) is 5.13 Å². The lowest BCUT2D eigenvalue weighted by atomic mass is 9.93. The van der Waals surface area contributed by atoms with E-state index in [2.05, 4.69) is 4.98 Å². The van der Waals surface area contributed by atoms with E-state index in [0.717, 1.165) is 16.2 Å². The van der Waals surface area contributed by atoms with E-state index in [4.69, 9.17) is 18.9 Å². The number of hydrogen-bond donors (Lipinski definition) is 1. The van der Waals surface area contributed by atoms with E-state index in [-0.39, 0.29) is 21.3 Å². The number of carbonyl (C=O) groups is 3. The summed E-state index contributed by atoms with van der Waals surface area (Å²) in [6, 6.07) is 8.76. The number of hydrogen-bond acceptors (Lipinski definition) is 10. The molecule has 1 amide bonds. The van der Waals surface area contributed by atoms with Crippen LogP contribution in [0, 0.1) is 13.8 Å². The van der Waals surface area contributed by atoms with Crippen LogP contribution in [-0.2, 0) is 14.3 Å². The molecule has 2 aromatic carbocycles. The number of aliphatic hydroxyl groups is 1. The number of methoxy groups -OCH3 is 4. The summed E-state index contributed by atoms with van der Waals surface area (Å²) in [4.78, 5) is 45.1. The Bertz CT molecular complexity index is 1480. The maximum atomic E-state index is 13.5. The highest BCUT2D eigenvalue weighted by Crippen LogP contribution is 2.47. The van der Waals surface area contributed by atoms with Gasteiger partial charge in [0.25, 0.3) is 5.78 Å². The Morgan fingerprint density at radius 3 is 2.24 bits per heavy atom. The first-order valence-electron chi connectivity index (χ1n) is 11.4. The van der Waals surface area contributed by atoms with E-state index in [1.165, 1.54) is 28.4 Å². The molecule has 3 aromatic rings. The second-order valence-electron chi connectivity index (χ2n) is 8.36.